The topological polar surface area (TPSA) is 67.2 Å². The third-order valence-electron chi connectivity index (χ3n) is 4.95. The number of anilines is 1. The Morgan fingerprint density at radius 3 is 2.36 bits per heavy atom. The minimum Gasteiger partial charge on any atom is -0.368 e. The van der Waals surface area contributed by atoms with Gasteiger partial charge in [0.2, 0.25) is 11.7 Å². The molecule has 28 heavy (non-hydrogen) atoms. The molecule has 1 amide bonds. The van der Waals surface area contributed by atoms with E-state index in [1.807, 2.05) is 54.3 Å². The minimum absolute atomic E-state index is 0.0208. The molecule has 144 valence electrons. The van der Waals surface area contributed by atoms with Crippen LogP contribution in [0.3, 0.4) is 0 Å². The Kier molecular flexibility index (Phi) is 5.38. The van der Waals surface area contributed by atoms with Gasteiger partial charge in [0.15, 0.2) is 0 Å². The molecule has 1 saturated heterocycles. The summed E-state index contributed by atoms with van der Waals surface area (Å²) in [6, 6.07) is 17.5. The average Bonchev–Trinajstić information content (AvgIpc) is 3.24. The van der Waals surface area contributed by atoms with E-state index in [-0.39, 0.29) is 5.91 Å². The lowest BCUT2D eigenvalue weighted by atomic mass is 10.2. The summed E-state index contributed by atoms with van der Waals surface area (Å²) >= 11 is 3.41. The molecule has 0 spiro atoms. The summed E-state index contributed by atoms with van der Waals surface area (Å²) in [5, 5.41) is 12.6. The van der Waals surface area contributed by atoms with E-state index in [2.05, 4.69) is 48.4 Å². The third kappa shape index (κ3) is 3.91. The van der Waals surface area contributed by atoms with E-state index >= 15 is 0 Å². The highest BCUT2D eigenvalue weighted by Gasteiger charge is 2.27. The smallest absolute Gasteiger partial charge is 0.249 e. The number of benzene rings is 2. The van der Waals surface area contributed by atoms with Gasteiger partial charge in [0.05, 0.1) is 0 Å². The Morgan fingerprint density at radius 1 is 1.00 bits per heavy atom. The monoisotopic (exact) mass is 440 g/mol. The molecule has 1 aliphatic rings. The van der Waals surface area contributed by atoms with E-state index in [1.54, 1.807) is 0 Å². The Morgan fingerprint density at radius 2 is 1.68 bits per heavy atom. The van der Waals surface area contributed by atoms with Gasteiger partial charge in [-0.15, -0.1) is 10.2 Å². The van der Waals surface area contributed by atoms with Crippen LogP contribution >= 0.6 is 15.9 Å². The van der Waals surface area contributed by atoms with Crippen molar-refractivity contribution in [1.29, 1.82) is 0 Å². The minimum atomic E-state index is -0.486. The van der Waals surface area contributed by atoms with Gasteiger partial charge in [-0.05, 0) is 48.5 Å². The number of hydrogen-bond acceptors (Lipinski definition) is 5. The number of carbonyl (C=O) groups is 1. The van der Waals surface area contributed by atoms with Crippen LogP contribution in [0.1, 0.15) is 13.0 Å². The van der Waals surface area contributed by atoms with Gasteiger partial charge in [-0.25, -0.2) is 0 Å². The molecule has 1 aromatic heterocycles. The summed E-state index contributed by atoms with van der Waals surface area (Å²) in [5.74, 6) is 0.536. The van der Waals surface area contributed by atoms with Gasteiger partial charge < -0.3 is 9.80 Å². The Labute approximate surface area is 172 Å². The number of aromatic nitrogens is 4. The van der Waals surface area contributed by atoms with Crippen LogP contribution in [-0.2, 0) is 4.79 Å². The first-order valence-electron chi connectivity index (χ1n) is 9.26. The second kappa shape index (κ2) is 8.10. The van der Waals surface area contributed by atoms with Gasteiger partial charge in [0.1, 0.15) is 6.04 Å². The zero-order valence-electron chi connectivity index (χ0n) is 15.6. The summed E-state index contributed by atoms with van der Waals surface area (Å²) < 4.78 is 0.988. The van der Waals surface area contributed by atoms with E-state index in [9.17, 15) is 4.79 Å². The van der Waals surface area contributed by atoms with E-state index in [4.69, 9.17) is 0 Å². The summed E-state index contributed by atoms with van der Waals surface area (Å²) in [6.07, 6.45) is 0. The molecule has 4 rings (SSSR count). The maximum atomic E-state index is 12.9. The van der Waals surface area contributed by atoms with E-state index in [1.165, 1.54) is 10.5 Å². The highest BCUT2D eigenvalue weighted by Crippen LogP contribution is 2.20. The summed E-state index contributed by atoms with van der Waals surface area (Å²) in [6.45, 7) is 4.83. The van der Waals surface area contributed by atoms with Crippen LogP contribution in [0.2, 0.25) is 0 Å². The highest BCUT2D eigenvalue weighted by atomic mass is 79.9. The van der Waals surface area contributed by atoms with Crippen LogP contribution in [-0.4, -0.2) is 57.2 Å². The van der Waals surface area contributed by atoms with Crippen molar-refractivity contribution in [2.45, 2.75) is 13.0 Å². The molecular weight excluding hydrogens is 420 g/mol. The van der Waals surface area contributed by atoms with E-state index < -0.39 is 6.04 Å². The van der Waals surface area contributed by atoms with E-state index in [0.29, 0.717) is 18.9 Å². The lowest BCUT2D eigenvalue weighted by Gasteiger charge is -2.36. The fourth-order valence-corrected chi connectivity index (χ4v) is 3.55. The Balaban J connectivity index is 1.39. The van der Waals surface area contributed by atoms with Gasteiger partial charge in [-0.3, -0.25) is 4.79 Å². The van der Waals surface area contributed by atoms with Crippen LogP contribution in [0.4, 0.5) is 5.69 Å². The van der Waals surface area contributed by atoms with E-state index in [0.717, 1.165) is 23.1 Å². The van der Waals surface area contributed by atoms with Crippen molar-refractivity contribution in [3.63, 3.8) is 0 Å². The fraction of sp³-hybridized carbons (Fsp3) is 0.300. The molecule has 2 heterocycles. The normalized spacial score (nSPS) is 15.5. The number of para-hydroxylation sites is 1. The molecule has 0 bridgehead atoms. The molecule has 7 nitrogen and oxygen atoms in total. The average molecular weight is 441 g/mol. The second-order valence-corrected chi connectivity index (χ2v) is 7.68. The van der Waals surface area contributed by atoms with Gasteiger partial charge in [0, 0.05) is 41.9 Å². The van der Waals surface area contributed by atoms with Crippen molar-refractivity contribution in [2.75, 3.05) is 31.1 Å². The number of rotatable bonds is 4. The molecule has 1 atom stereocenters. The quantitative estimate of drug-likeness (QED) is 0.623. The van der Waals surface area contributed by atoms with Crippen molar-refractivity contribution in [3.05, 3.63) is 59.1 Å². The molecule has 1 fully saturated rings. The third-order valence-corrected chi connectivity index (χ3v) is 5.48. The van der Waals surface area contributed by atoms with Crippen LogP contribution in [0.5, 0.6) is 0 Å². The standard InChI is InChI=1S/C20H21BrN6O/c1-15(27-23-19(22-24-27)16-7-9-17(21)10-8-16)20(28)26-13-11-25(12-14-26)18-5-3-2-4-6-18/h2-10,15H,11-14H2,1H3. The van der Waals surface area contributed by atoms with Gasteiger partial charge in [0.25, 0.3) is 0 Å². The van der Waals surface area contributed by atoms with Crippen molar-refractivity contribution in [3.8, 4) is 11.4 Å². The second-order valence-electron chi connectivity index (χ2n) is 6.76. The van der Waals surface area contributed by atoms with Gasteiger partial charge in [-0.2, -0.15) is 4.80 Å². The molecule has 0 aliphatic carbocycles. The molecular formula is C20H21BrN6O. The molecule has 8 heteroatoms. The SMILES string of the molecule is CC(C(=O)N1CCN(c2ccccc2)CC1)n1nnc(-c2ccc(Br)cc2)n1. The molecule has 0 N–H and O–H groups in total. The Bertz CT molecular complexity index is 935. The summed E-state index contributed by atoms with van der Waals surface area (Å²) in [4.78, 5) is 18.5. The molecule has 1 aliphatic heterocycles. The zero-order valence-corrected chi connectivity index (χ0v) is 17.2. The van der Waals surface area contributed by atoms with Gasteiger partial charge in [-0.1, -0.05) is 34.1 Å². The number of carbonyl (C=O) groups excluding carboxylic acids is 1. The van der Waals surface area contributed by atoms with Crippen molar-refractivity contribution in [1.82, 2.24) is 25.1 Å². The first-order chi connectivity index (χ1) is 13.6. The first-order valence-corrected chi connectivity index (χ1v) is 10.1. The van der Waals surface area contributed by atoms with Crippen LogP contribution in [0.25, 0.3) is 11.4 Å². The number of tetrazole rings is 1. The van der Waals surface area contributed by atoms with Crippen LogP contribution in [0.15, 0.2) is 59.1 Å². The number of nitrogens with zero attached hydrogens (tertiary/aromatic N) is 6. The molecule has 2 aromatic carbocycles. The maximum absolute atomic E-state index is 12.9. The lowest BCUT2D eigenvalue weighted by Crippen LogP contribution is -2.50. The molecule has 1 unspecified atom stereocenters. The number of halogens is 1. The number of piperazine rings is 1. The van der Waals surface area contributed by atoms with Gasteiger partial charge >= 0.3 is 0 Å². The number of amides is 1. The maximum Gasteiger partial charge on any atom is 0.249 e. The molecule has 0 radical (unpaired) electrons. The van der Waals surface area contributed by atoms with Crippen LogP contribution < -0.4 is 4.90 Å². The van der Waals surface area contributed by atoms with Crippen molar-refractivity contribution < 1.29 is 4.79 Å². The van der Waals surface area contributed by atoms with Crippen LogP contribution in [0, 0.1) is 0 Å². The molecule has 0 saturated carbocycles. The van der Waals surface area contributed by atoms with Crippen molar-refractivity contribution >= 4 is 27.5 Å². The first kappa shape index (κ1) is 18.6. The zero-order chi connectivity index (χ0) is 19.5. The number of hydrogen-bond donors (Lipinski definition) is 0. The summed E-state index contributed by atoms with van der Waals surface area (Å²) in [5.41, 5.74) is 2.06. The highest BCUT2D eigenvalue weighted by molar-refractivity contribution is 9.10. The fourth-order valence-electron chi connectivity index (χ4n) is 3.29. The predicted octanol–water partition coefficient (Wildman–Crippen LogP) is 3.01. The largest absolute Gasteiger partial charge is 0.368 e. The molecule has 3 aromatic rings. The summed E-state index contributed by atoms with van der Waals surface area (Å²) in [7, 11) is 0. The predicted molar refractivity (Wildman–Crippen MR) is 111 cm³/mol. The lowest BCUT2D eigenvalue weighted by molar-refractivity contribution is -0.135. The Hall–Kier alpha value is -2.74. The van der Waals surface area contributed by atoms with Crippen molar-refractivity contribution in [2.24, 2.45) is 0 Å².